The second-order valence-electron chi connectivity index (χ2n) is 4.38. The lowest BCUT2D eigenvalue weighted by Gasteiger charge is -2.23. The van der Waals surface area contributed by atoms with Gasteiger partial charge < -0.3 is 20.4 Å². The number of carbonyl (C=O) groups is 2. The van der Waals surface area contributed by atoms with Crippen LogP contribution in [0, 0.1) is 0 Å². The van der Waals surface area contributed by atoms with E-state index in [-0.39, 0.29) is 5.56 Å². The number of ketones is 1. The number of Topliss-reactive ketones (excluding diaryl/α,β-unsaturated/α-hetero) is 1. The normalized spacial score (nSPS) is 13.4. The van der Waals surface area contributed by atoms with Gasteiger partial charge in [0.25, 0.3) is 5.60 Å². The van der Waals surface area contributed by atoms with Gasteiger partial charge in [0.15, 0.2) is 0 Å². The Bertz CT molecular complexity index is 709. The van der Waals surface area contributed by atoms with E-state index in [4.69, 9.17) is 0 Å². The zero-order chi connectivity index (χ0) is 15.6. The molecule has 108 valence electrons. The summed E-state index contributed by atoms with van der Waals surface area (Å²) in [6.07, 6.45) is 0. The molecule has 0 bridgehead atoms. The molecule has 21 heavy (non-hydrogen) atoms. The molecule has 6 nitrogen and oxygen atoms in total. The van der Waals surface area contributed by atoms with Gasteiger partial charge in [0.1, 0.15) is 11.5 Å². The van der Waals surface area contributed by atoms with Gasteiger partial charge in [0.2, 0.25) is 5.78 Å². The molecule has 0 aliphatic carbocycles. The number of carbonyl (C=O) groups excluding carboxylic acids is 1. The van der Waals surface area contributed by atoms with Crippen molar-refractivity contribution in [3.8, 4) is 11.5 Å². The number of phenols is 2. The smallest absolute Gasteiger partial charge is 0.348 e. The number of hydrogen-bond donors (Lipinski definition) is 4. The molecule has 4 N–H and O–H groups in total. The molecule has 1 atom stereocenters. The fraction of sp³-hybridized carbons (Fsp3) is 0.0667. The minimum atomic E-state index is -3.00. The SMILES string of the molecule is O=C(O)C(O)(C(=O)c1ccccc1O)c1ccccc1O. The Balaban J connectivity index is 2.65. The predicted molar refractivity (Wildman–Crippen MR) is 72.1 cm³/mol. The molecular formula is C15H12O6. The van der Waals surface area contributed by atoms with Crippen molar-refractivity contribution in [2.45, 2.75) is 5.60 Å². The van der Waals surface area contributed by atoms with E-state index in [1.165, 1.54) is 36.4 Å². The van der Waals surface area contributed by atoms with Gasteiger partial charge >= 0.3 is 5.97 Å². The first-order chi connectivity index (χ1) is 9.89. The first-order valence-electron chi connectivity index (χ1n) is 5.96. The second-order valence-corrected chi connectivity index (χ2v) is 4.38. The first kappa shape index (κ1) is 14.5. The molecule has 0 amide bonds. The molecule has 0 fully saturated rings. The highest BCUT2D eigenvalue weighted by atomic mass is 16.4. The fourth-order valence-corrected chi connectivity index (χ4v) is 1.97. The highest BCUT2D eigenvalue weighted by molar-refractivity contribution is 6.16. The Morgan fingerprint density at radius 2 is 1.38 bits per heavy atom. The Morgan fingerprint density at radius 3 is 1.90 bits per heavy atom. The first-order valence-corrected chi connectivity index (χ1v) is 5.96. The molecule has 2 aromatic carbocycles. The van der Waals surface area contributed by atoms with Gasteiger partial charge in [-0.15, -0.1) is 0 Å². The Hall–Kier alpha value is -2.86. The van der Waals surface area contributed by atoms with Crippen LogP contribution in [0.25, 0.3) is 0 Å². The summed E-state index contributed by atoms with van der Waals surface area (Å²) in [7, 11) is 0. The van der Waals surface area contributed by atoms with Gasteiger partial charge in [-0.1, -0.05) is 30.3 Å². The number of rotatable bonds is 4. The van der Waals surface area contributed by atoms with Crippen molar-refractivity contribution in [2.75, 3.05) is 0 Å². The van der Waals surface area contributed by atoms with Crippen LogP contribution < -0.4 is 0 Å². The molecule has 0 saturated heterocycles. The third-order valence-corrected chi connectivity index (χ3v) is 3.08. The van der Waals surface area contributed by atoms with Crippen molar-refractivity contribution in [1.29, 1.82) is 0 Å². The van der Waals surface area contributed by atoms with Crippen LogP contribution in [-0.4, -0.2) is 32.2 Å². The lowest BCUT2D eigenvalue weighted by Crippen LogP contribution is -2.43. The molecule has 0 radical (unpaired) electrons. The van der Waals surface area contributed by atoms with Gasteiger partial charge in [0.05, 0.1) is 5.56 Å². The van der Waals surface area contributed by atoms with Crippen molar-refractivity contribution >= 4 is 11.8 Å². The minimum absolute atomic E-state index is 0.356. The van der Waals surface area contributed by atoms with Crippen molar-refractivity contribution < 1.29 is 30.0 Å². The van der Waals surface area contributed by atoms with Crippen LogP contribution >= 0.6 is 0 Å². The molecule has 0 aliphatic heterocycles. The summed E-state index contributed by atoms with van der Waals surface area (Å²) in [4.78, 5) is 23.8. The number of aliphatic carboxylic acids is 1. The van der Waals surface area contributed by atoms with Crippen molar-refractivity contribution in [1.82, 2.24) is 0 Å². The Morgan fingerprint density at radius 1 is 0.857 bits per heavy atom. The van der Waals surface area contributed by atoms with E-state index in [1.54, 1.807) is 0 Å². The molecule has 2 aromatic rings. The maximum absolute atomic E-state index is 12.4. The van der Waals surface area contributed by atoms with Crippen LogP contribution in [-0.2, 0) is 10.4 Å². The quantitative estimate of drug-likeness (QED) is 0.497. The average Bonchev–Trinajstić information content (AvgIpc) is 2.46. The number of hydrogen-bond acceptors (Lipinski definition) is 5. The zero-order valence-electron chi connectivity index (χ0n) is 10.7. The van der Waals surface area contributed by atoms with Gasteiger partial charge in [-0.05, 0) is 18.2 Å². The number of phenolic OH excluding ortho intramolecular Hbond substituents is 2. The van der Waals surface area contributed by atoms with E-state index < -0.39 is 34.4 Å². The van der Waals surface area contributed by atoms with E-state index in [2.05, 4.69) is 0 Å². The van der Waals surface area contributed by atoms with Crippen LogP contribution in [0.4, 0.5) is 0 Å². The summed E-state index contributed by atoms with van der Waals surface area (Å²) in [5.41, 5.74) is -3.82. The summed E-state index contributed by atoms with van der Waals surface area (Å²) in [5.74, 6) is -4.09. The van der Waals surface area contributed by atoms with Crippen LogP contribution in [0.3, 0.4) is 0 Å². The average molecular weight is 288 g/mol. The molecule has 0 heterocycles. The standard InChI is InChI=1S/C15H12O6/c16-11-7-3-1-5-9(11)13(18)15(21,14(19)20)10-6-2-4-8-12(10)17/h1-8,16-17,21H,(H,19,20). The van der Waals surface area contributed by atoms with Gasteiger partial charge in [-0.3, -0.25) is 4.79 Å². The lowest BCUT2D eigenvalue weighted by atomic mass is 9.85. The molecule has 0 aromatic heterocycles. The van der Waals surface area contributed by atoms with Crippen LogP contribution in [0.2, 0.25) is 0 Å². The topological polar surface area (TPSA) is 115 Å². The van der Waals surface area contributed by atoms with Crippen LogP contribution in [0.5, 0.6) is 11.5 Å². The van der Waals surface area contributed by atoms with Crippen molar-refractivity contribution in [3.05, 3.63) is 59.7 Å². The number of aliphatic hydroxyl groups is 1. The third kappa shape index (κ3) is 2.32. The Kier molecular flexibility index (Phi) is 3.64. The number of carboxylic acid groups (broad SMARTS) is 1. The maximum Gasteiger partial charge on any atom is 0.348 e. The van der Waals surface area contributed by atoms with Gasteiger partial charge in [0, 0.05) is 5.56 Å². The van der Waals surface area contributed by atoms with Gasteiger partial charge in [-0.25, -0.2) is 4.79 Å². The van der Waals surface area contributed by atoms with E-state index >= 15 is 0 Å². The number of para-hydroxylation sites is 2. The summed E-state index contributed by atoms with van der Waals surface area (Å²) in [6.45, 7) is 0. The van der Waals surface area contributed by atoms with Gasteiger partial charge in [-0.2, -0.15) is 0 Å². The summed E-state index contributed by atoms with van der Waals surface area (Å²) < 4.78 is 0. The molecule has 0 aliphatic rings. The molecule has 6 heteroatoms. The zero-order valence-corrected chi connectivity index (χ0v) is 10.7. The second kappa shape index (κ2) is 5.26. The molecule has 0 spiro atoms. The van der Waals surface area contributed by atoms with E-state index in [0.29, 0.717) is 0 Å². The summed E-state index contributed by atoms with van der Waals surface area (Å²) >= 11 is 0. The van der Waals surface area contributed by atoms with Crippen molar-refractivity contribution in [3.63, 3.8) is 0 Å². The number of carboxylic acids is 1. The lowest BCUT2D eigenvalue weighted by molar-refractivity contribution is -0.154. The van der Waals surface area contributed by atoms with Crippen LogP contribution in [0.1, 0.15) is 15.9 Å². The highest BCUT2D eigenvalue weighted by Crippen LogP contribution is 2.34. The molecule has 1 unspecified atom stereocenters. The highest BCUT2D eigenvalue weighted by Gasteiger charge is 2.48. The molecule has 2 rings (SSSR count). The van der Waals surface area contributed by atoms with E-state index in [0.717, 1.165) is 12.1 Å². The molecule has 0 saturated carbocycles. The van der Waals surface area contributed by atoms with Crippen molar-refractivity contribution in [2.24, 2.45) is 0 Å². The minimum Gasteiger partial charge on any atom is -0.508 e. The largest absolute Gasteiger partial charge is 0.508 e. The monoisotopic (exact) mass is 288 g/mol. The predicted octanol–water partition coefficient (Wildman–Crippen LogP) is 1.25. The van der Waals surface area contributed by atoms with E-state index in [1.807, 2.05) is 0 Å². The number of benzene rings is 2. The summed E-state index contributed by atoms with van der Waals surface area (Å²) in [5, 5.41) is 39.0. The maximum atomic E-state index is 12.4. The fourth-order valence-electron chi connectivity index (χ4n) is 1.97. The molecular weight excluding hydrogens is 276 g/mol. The third-order valence-electron chi connectivity index (χ3n) is 3.08. The number of aromatic hydroxyl groups is 2. The summed E-state index contributed by atoms with van der Waals surface area (Å²) in [6, 6.07) is 10.3. The van der Waals surface area contributed by atoms with E-state index in [9.17, 15) is 30.0 Å². The van der Waals surface area contributed by atoms with Crippen LogP contribution in [0.15, 0.2) is 48.5 Å². The Labute approximate surface area is 119 Å².